The fraction of sp³-hybridized carbons (Fsp3) is 0.682. The van der Waals surface area contributed by atoms with Gasteiger partial charge in [-0.05, 0) is 49.8 Å². The van der Waals surface area contributed by atoms with E-state index < -0.39 is 0 Å². The van der Waals surface area contributed by atoms with Crippen molar-refractivity contribution in [1.29, 1.82) is 0 Å². The zero-order valence-electron chi connectivity index (χ0n) is 17.8. The lowest BCUT2D eigenvalue weighted by molar-refractivity contribution is 0.157. The van der Waals surface area contributed by atoms with E-state index >= 15 is 0 Å². The van der Waals surface area contributed by atoms with Crippen molar-refractivity contribution in [3.05, 3.63) is 29.8 Å². The molecule has 164 valence electrons. The topological polar surface area (TPSA) is 60.3 Å². The summed E-state index contributed by atoms with van der Waals surface area (Å²) < 4.78 is 5.31. The van der Waals surface area contributed by atoms with Crippen LogP contribution in [0.15, 0.2) is 29.3 Å². The Kier molecular flexibility index (Phi) is 10.5. The van der Waals surface area contributed by atoms with Gasteiger partial charge < -0.3 is 25.0 Å². The molecule has 3 rings (SSSR count). The number of guanidine groups is 1. The van der Waals surface area contributed by atoms with Gasteiger partial charge in [0.25, 0.3) is 0 Å². The van der Waals surface area contributed by atoms with Crippen LogP contribution in [0.5, 0.6) is 0 Å². The first-order chi connectivity index (χ1) is 13.7. The average molecular weight is 516 g/mol. The van der Waals surface area contributed by atoms with E-state index in [2.05, 4.69) is 46.3 Å². The fourth-order valence-electron chi connectivity index (χ4n) is 4.17. The molecule has 0 radical (unpaired) electrons. The highest BCUT2D eigenvalue weighted by Gasteiger charge is 2.24. The molecule has 2 aliphatic rings. The van der Waals surface area contributed by atoms with E-state index in [0.29, 0.717) is 25.0 Å². The van der Waals surface area contributed by atoms with Crippen LogP contribution in [0.3, 0.4) is 0 Å². The number of likely N-dealkylation sites (tertiary alicyclic amines) is 1. The molecule has 0 saturated carbocycles. The third-order valence-corrected chi connectivity index (χ3v) is 5.91. The number of nitrogens with zero attached hydrogens (tertiary/aromatic N) is 3. The second kappa shape index (κ2) is 12.6. The number of aliphatic hydroxyl groups is 1. The Morgan fingerprint density at radius 2 is 1.83 bits per heavy atom. The summed E-state index contributed by atoms with van der Waals surface area (Å²) in [5.74, 6) is 2.09. The Balaban J connectivity index is 0.00000300. The largest absolute Gasteiger partial charge is 0.396 e. The van der Waals surface area contributed by atoms with E-state index in [0.717, 1.165) is 58.1 Å². The normalized spacial score (nSPS) is 20.7. The lowest BCUT2D eigenvalue weighted by atomic mass is 9.97. The summed E-state index contributed by atoms with van der Waals surface area (Å²) in [7, 11) is 1.78. The molecule has 2 saturated heterocycles. The van der Waals surface area contributed by atoms with E-state index in [1.807, 2.05) is 0 Å². The quantitative estimate of drug-likeness (QED) is 0.332. The average Bonchev–Trinajstić information content (AvgIpc) is 3.20. The van der Waals surface area contributed by atoms with Crippen molar-refractivity contribution in [1.82, 2.24) is 10.2 Å². The number of rotatable bonds is 7. The smallest absolute Gasteiger partial charge is 0.194 e. The van der Waals surface area contributed by atoms with E-state index in [9.17, 15) is 5.11 Å². The van der Waals surface area contributed by atoms with Crippen LogP contribution in [0.2, 0.25) is 0 Å². The lowest BCUT2D eigenvalue weighted by Crippen LogP contribution is -2.40. The van der Waals surface area contributed by atoms with Gasteiger partial charge >= 0.3 is 0 Å². The van der Waals surface area contributed by atoms with Crippen LogP contribution in [0, 0.1) is 11.8 Å². The van der Waals surface area contributed by atoms with Gasteiger partial charge in [0.2, 0.25) is 0 Å². The third kappa shape index (κ3) is 7.00. The van der Waals surface area contributed by atoms with Crippen molar-refractivity contribution in [3.8, 4) is 0 Å². The fourth-order valence-corrected chi connectivity index (χ4v) is 4.17. The number of benzene rings is 1. The maximum absolute atomic E-state index is 9.30. The standard InChI is InChI=1S/C22H36N4O2.HI/c1-3-23-22(26-13-10-20(15-26)17-28-2)24-14-18-4-6-21(7-5-18)25-11-8-19(16-27)9-12-25;/h4-7,19-20,27H,3,8-17H2,1-2H3,(H,23,24);1H. The minimum Gasteiger partial charge on any atom is -0.396 e. The number of hydrogen-bond donors (Lipinski definition) is 2. The van der Waals surface area contributed by atoms with Gasteiger partial charge in [0, 0.05) is 58.0 Å². The highest BCUT2D eigenvalue weighted by Crippen LogP contribution is 2.23. The summed E-state index contributed by atoms with van der Waals surface area (Å²) in [5.41, 5.74) is 2.51. The molecule has 0 spiro atoms. The van der Waals surface area contributed by atoms with Gasteiger partial charge in [-0.2, -0.15) is 0 Å². The van der Waals surface area contributed by atoms with Gasteiger partial charge in [0.1, 0.15) is 0 Å². The Hall–Kier alpha value is -1.06. The van der Waals surface area contributed by atoms with E-state index in [1.165, 1.54) is 17.7 Å². The molecule has 1 atom stereocenters. The predicted molar refractivity (Wildman–Crippen MR) is 130 cm³/mol. The molecule has 2 N–H and O–H groups in total. The minimum absolute atomic E-state index is 0. The summed E-state index contributed by atoms with van der Waals surface area (Å²) in [6.45, 7) is 8.97. The van der Waals surface area contributed by atoms with Crippen LogP contribution in [0.4, 0.5) is 5.69 Å². The lowest BCUT2D eigenvalue weighted by Gasteiger charge is -2.32. The zero-order valence-corrected chi connectivity index (χ0v) is 20.2. The SMILES string of the molecule is CCNC(=NCc1ccc(N2CCC(CO)CC2)cc1)N1CCC(COC)C1.I. The van der Waals surface area contributed by atoms with Crippen molar-refractivity contribution < 1.29 is 9.84 Å². The number of piperidine rings is 1. The summed E-state index contributed by atoms with van der Waals surface area (Å²) >= 11 is 0. The van der Waals surface area contributed by atoms with Crippen LogP contribution in [-0.2, 0) is 11.3 Å². The number of hydrogen-bond acceptors (Lipinski definition) is 4. The summed E-state index contributed by atoms with van der Waals surface area (Å²) in [6.07, 6.45) is 3.32. The Labute approximate surface area is 192 Å². The predicted octanol–water partition coefficient (Wildman–Crippen LogP) is 2.95. The van der Waals surface area contributed by atoms with Crippen molar-refractivity contribution >= 4 is 35.6 Å². The van der Waals surface area contributed by atoms with Gasteiger partial charge in [-0.25, -0.2) is 4.99 Å². The second-order valence-electron chi connectivity index (χ2n) is 8.01. The molecule has 7 heteroatoms. The molecular weight excluding hydrogens is 479 g/mol. The summed E-state index contributed by atoms with van der Waals surface area (Å²) in [4.78, 5) is 9.65. The van der Waals surface area contributed by atoms with Crippen molar-refractivity contribution in [2.45, 2.75) is 32.7 Å². The first kappa shape index (κ1) is 24.2. The molecule has 2 heterocycles. The van der Waals surface area contributed by atoms with Gasteiger partial charge in [0.15, 0.2) is 5.96 Å². The molecule has 0 aromatic heterocycles. The number of methoxy groups -OCH3 is 1. The molecule has 1 aromatic carbocycles. The Morgan fingerprint density at radius 3 is 2.45 bits per heavy atom. The number of aliphatic imine (C=N–C) groups is 1. The molecule has 1 aromatic rings. The van der Waals surface area contributed by atoms with Crippen LogP contribution in [-0.4, -0.2) is 69.0 Å². The summed E-state index contributed by atoms with van der Waals surface area (Å²) in [5, 5.41) is 12.7. The monoisotopic (exact) mass is 516 g/mol. The van der Waals surface area contributed by atoms with Gasteiger partial charge in [0.05, 0.1) is 13.2 Å². The van der Waals surface area contributed by atoms with Crippen molar-refractivity contribution in [2.75, 3.05) is 57.9 Å². The first-order valence-corrected chi connectivity index (χ1v) is 10.7. The van der Waals surface area contributed by atoms with E-state index in [-0.39, 0.29) is 24.0 Å². The molecule has 29 heavy (non-hydrogen) atoms. The molecule has 0 bridgehead atoms. The molecule has 2 fully saturated rings. The minimum atomic E-state index is 0. The molecule has 1 unspecified atom stereocenters. The molecule has 0 amide bonds. The number of ether oxygens (including phenoxy) is 1. The highest BCUT2D eigenvalue weighted by atomic mass is 127. The second-order valence-corrected chi connectivity index (χ2v) is 8.01. The summed E-state index contributed by atoms with van der Waals surface area (Å²) in [6, 6.07) is 8.81. The van der Waals surface area contributed by atoms with E-state index in [1.54, 1.807) is 7.11 Å². The van der Waals surface area contributed by atoms with Crippen molar-refractivity contribution in [3.63, 3.8) is 0 Å². The van der Waals surface area contributed by atoms with E-state index in [4.69, 9.17) is 9.73 Å². The van der Waals surface area contributed by atoms with Crippen LogP contribution >= 0.6 is 24.0 Å². The highest BCUT2D eigenvalue weighted by molar-refractivity contribution is 14.0. The number of nitrogens with one attached hydrogen (secondary N) is 1. The van der Waals surface area contributed by atoms with Crippen LogP contribution in [0.25, 0.3) is 0 Å². The Bertz CT molecular complexity index is 618. The van der Waals surface area contributed by atoms with Crippen LogP contribution in [0.1, 0.15) is 31.7 Å². The molecule has 6 nitrogen and oxygen atoms in total. The Morgan fingerprint density at radius 1 is 1.14 bits per heavy atom. The zero-order chi connectivity index (χ0) is 19.8. The molecule has 0 aliphatic carbocycles. The van der Waals surface area contributed by atoms with Gasteiger partial charge in [-0.15, -0.1) is 24.0 Å². The number of halogens is 1. The molecular formula is C22H37IN4O2. The van der Waals surface area contributed by atoms with Crippen molar-refractivity contribution in [2.24, 2.45) is 16.8 Å². The third-order valence-electron chi connectivity index (χ3n) is 5.91. The van der Waals surface area contributed by atoms with Gasteiger partial charge in [-0.1, -0.05) is 12.1 Å². The number of aliphatic hydroxyl groups excluding tert-OH is 1. The van der Waals surface area contributed by atoms with Crippen LogP contribution < -0.4 is 10.2 Å². The van der Waals surface area contributed by atoms with Gasteiger partial charge in [-0.3, -0.25) is 0 Å². The maximum Gasteiger partial charge on any atom is 0.194 e. The first-order valence-electron chi connectivity index (χ1n) is 10.7. The maximum atomic E-state index is 9.30. The molecule has 2 aliphatic heterocycles. The number of anilines is 1.